The molecule has 3 heteroatoms. The molecule has 1 saturated heterocycles. The van der Waals surface area contributed by atoms with Gasteiger partial charge in [0.25, 0.3) is 0 Å². The predicted octanol–water partition coefficient (Wildman–Crippen LogP) is 2.55. The van der Waals surface area contributed by atoms with E-state index >= 15 is 0 Å². The molecular formula is C10H17ClO2. The van der Waals surface area contributed by atoms with E-state index in [9.17, 15) is 0 Å². The van der Waals surface area contributed by atoms with Gasteiger partial charge in [-0.15, -0.1) is 0 Å². The molecule has 0 aromatic carbocycles. The van der Waals surface area contributed by atoms with Gasteiger partial charge in [-0.2, -0.15) is 0 Å². The number of hydrogen-bond acceptors (Lipinski definition) is 2. The maximum absolute atomic E-state index is 5.88. The van der Waals surface area contributed by atoms with Crippen LogP contribution in [0.5, 0.6) is 0 Å². The van der Waals surface area contributed by atoms with Gasteiger partial charge in [-0.05, 0) is 25.2 Å². The molecule has 0 spiro atoms. The first-order valence-corrected chi connectivity index (χ1v) is 5.73. The van der Waals surface area contributed by atoms with Gasteiger partial charge in [0, 0.05) is 0 Å². The first-order chi connectivity index (χ1) is 6.40. The summed E-state index contributed by atoms with van der Waals surface area (Å²) >= 11 is 5.46. The second-order valence-corrected chi connectivity index (χ2v) is 4.27. The highest BCUT2D eigenvalue weighted by Crippen LogP contribution is 2.37. The summed E-state index contributed by atoms with van der Waals surface area (Å²) in [6.45, 7) is 0.677. The van der Waals surface area contributed by atoms with Gasteiger partial charge in [-0.1, -0.05) is 24.4 Å². The highest BCUT2D eigenvalue weighted by atomic mass is 35.5. The molecule has 0 aromatic rings. The number of ether oxygens (including phenoxy) is 2. The molecule has 2 fully saturated rings. The summed E-state index contributed by atoms with van der Waals surface area (Å²) in [5, 5.41) is 0. The van der Waals surface area contributed by atoms with Crippen LogP contribution in [0.1, 0.15) is 32.1 Å². The van der Waals surface area contributed by atoms with Crippen molar-refractivity contribution in [3.63, 3.8) is 0 Å². The third-order valence-electron chi connectivity index (χ3n) is 3.15. The van der Waals surface area contributed by atoms with E-state index in [0.29, 0.717) is 18.8 Å². The van der Waals surface area contributed by atoms with Gasteiger partial charge in [0.2, 0.25) is 0 Å². The van der Waals surface area contributed by atoms with Crippen LogP contribution < -0.4 is 0 Å². The predicted molar refractivity (Wildman–Crippen MR) is 51.9 cm³/mol. The van der Waals surface area contributed by atoms with E-state index in [2.05, 4.69) is 0 Å². The quantitative estimate of drug-likeness (QED) is 0.658. The highest BCUT2D eigenvalue weighted by Gasteiger charge is 2.36. The monoisotopic (exact) mass is 204 g/mol. The number of hydrogen-bond donors (Lipinski definition) is 0. The lowest BCUT2D eigenvalue weighted by Gasteiger charge is -2.23. The minimum atomic E-state index is 0.287. The molecular weight excluding hydrogens is 188 g/mol. The molecule has 0 amide bonds. The normalized spacial score (nSPS) is 39.0. The van der Waals surface area contributed by atoms with Crippen molar-refractivity contribution < 1.29 is 9.47 Å². The van der Waals surface area contributed by atoms with Gasteiger partial charge in [0.1, 0.15) is 6.07 Å². The zero-order valence-electron chi connectivity index (χ0n) is 7.88. The minimum Gasteiger partial charge on any atom is -0.372 e. The van der Waals surface area contributed by atoms with Crippen LogP contribution in [0.2, 0.25) is 0 Å². The summed E-state index contributed by atoms with van der Waals surface area (Å²) < 4.78 is 11.0. The number of alkyl halides is 1. The van der Waals surface area contributed by atoms with Crippen LogP contribution in [-0.4, -0.2) is 24.9 Å². The van der Waals surface area contributed by atoms with E-state index in [4.69, 9.17) is 21.1 Å². The Morgan fingerprint density at radius 3 is 2.92 bits per heavy atom. The molecule has 13 heavy (non-hydrogen) atoms. The molecule has 1 saturated carbocycles. The van der Waals surface area contributed by atoms with Crippen LogP contribution in [0.15, 0.2) is 0 Å². The Balaban J connectivity index is 1.77. The Kier molecular flexibility index (Phi) is 3.47. The van der Waals surface area contributed by atoms with Gasteiger partial charge >= 0.3 is 0 Å². The van der Waals surface area contributed by atoms with Crippen molar-refractivity contribution in [1.82, 2.24) is 0 Å². The Bertz CT molecular complexity index is 149. The van der Waals surface area contributed by atoms with Crippen LogP contribution in [0.4, 0.5) is 0 Å². The summed E-state index contributed by atoms with van der Waals surface area (Å²) in [5.41, 5.74) is 0. The molecule has 1 heterocycles. The molecule has 1 aliphatic heterocycles. The van der Waals surface area contributed by atoms with Crippen molar-refractivity contribution in [3.05, 3.63) is 0 Å². The van der Waals surface area contributed by atoms with Crippen LogP contribution in [0.25, 0.3) is 0 Å². The Hall–Kier alpha value is 0.210. The van der Waals surface area contributed by atoms with Gasteiger partial charge in [-0.3, -0.25) is 0 Å². The van der Waals surface area contributed by atoms with Gasteiger partial charge < -0.3 is 9.47 Å². The molecule has 2 nitrogen and oxygen atoms in total. The number of halogens is 1. The molecule has 2 rings (SSSR count). The van der Waals surface area contributed by atoms with Gasteiger partial charge in [0.15, 0.2) is 0 Å². The van der Waals surface area contributed by atoms with Crippen molar-refractivity contribution in [2.24, 2.45) is 5.92 Å². The Morgan fingerprint density at radius 1 is 1.31 bits per heavy atom. The fourth-order valence-corrected chi connectivity index (χ4v) is 2.64. The molecule has 76 valence electrons. The summed E-state index contributed by atoms with van der Waals surface area (Å²) in [7, 11) is 0. The van der Waals surface area contributed by atoms with Gasteiger partial charge in [-0.25, -0.2) is 0 Å². The van der Waals surface area contributed by atoms with Crippen molar-refractivity contribution in [3.8, 4) is 0 Å². The summed E-state index contributed by atoms with van der Waals surface area (Å²) in [5.74, 6) is 0.803. The highest BCUT2D eigenvalue weighted by molar-refractivity contribution is 6.17. The standard InChI is InChI=1S/C10H17ClO2/c11-7-12-6-9-5-8-3-1-2-4-10(8)13-9/h8-10H,1-7H2. The zero-order valence-corrected chi connectivity index (χ0v) is 8.63. The maximum Gasteiger partial charge on any atom is 0.120 e. The van der Waals surface area contributed by atoms with Crippen LogP contribution >= 0.6 is 11.6 Å². The van der Waals surface area contributed by atoms with E-state index < -0.39 is 0 Å². The topological polar surface area (TPSA) is 18.5 Å². The third-order valence-corrected chi connectivity index (χ3v) is 3.31. The molecule has 3 unspecified atom stereocenters. The number of rotatable bonds is 3. The van der Waals surface area contributed by atoms with Gasteiger partial charge in [0.05, 0.1) is 18.8 Å². The van der Waals surface area contributed by atoms with Crippen LogP contribution in [-0.2, 0) is 9.47 Å². The van der Waals surface area contributed by atoms with Crippen molar-refractivity contribution in [2.75, 3.05) is 12.7 Å². The van der Waals surface area contributed by atoms with Crippen molar-refractivity contribution in [2.45, 2.75) is 44.3 Å². The lowest BCUT2D eigenvalue weighted by molar-refractivity contribution is -0.0186. The molecule has 3 atom stereocenters. The number of fused-ring (bicyclic) bond motifs is 1. The first kappa shape index (κ1) is 9.75. The largest absolute Gasteiger partial charge is 0.372 e. The average molecular weight is 205 g/mol. The summed E-state index contributed by atoms with van der Waals surface area (Å²) in [4.78, 5) is 0. The maximum atomic E-state index is 5.88. The lowest BCUT2D eigenvalue weighted by atomic mass is 9.85. The van der Waals surface area contributed by atoms with Crippen LogP contribution in [0.3, 0.4) is 0 Å². The fourth-order valence-electron chi connectivity index (χ4n) is 2.55. The SMILES string of the molecule is ClCOCC1CC2CCCCC2O1. The molecule has 1 aliphatic carbocycles. The first-order valence-electron chi connectivity index (χ1n) is 5.19. The lowest BCUT2D eigenvalue weighted by Crippen LogP contribution is -2.20. The van der Waals surface area contributed by atoms with E-state index in [-0.39, 0.29) is 6.07 Å². The molecule has 2 aliphatic rings. The summed E-state index contributed by atoms with van der Waals surface area (Å²) in [6, 6.07) is 0.287. The van der Waals surface area contributed by atoms with E-state index in [1.165, 1.54) is 32.1 Å². The van der Waals surface area contributed by atoms with E-state index in [1.807, 2.05) is 0 Å². The van der Waals surface area contributed by atoms with Crippen molar-refractivity contribution in [1.29, 1.82) is 0 Å². The molecule has 0 aromatic heterocycles. The Labute approximate surface area is 84.5 Å². The molecule has 0 N–H and O–H groups in total. The van der Waals surface area contributed by atoms with E-state index in [0.717, 1.165) is 5.92 Å². The third kappa shape index (κ3) is 2.36. The molecule has 0 radical (unpaired) electrons. The summed E-state index contributed by atoms with van der Waals surface area (Å²) in [6.07, 6.45) is 7.34. The Morgan fingerprint density at radius 2 is 2.15 bits per heavy atom. The fraction of sp³-hybridized carbons (Fsp3) is 1.00. The minimum absolute atomic E-state index is 0.287. The smallest absolute Gasteiger partial charge is 0.120 e. The molecule has 0 bridgehead atoms. The van der Waals surface area contributed by atoms with E-state index in [1.54, 1.807) is 0 Å². The van der Waals surface area contributed by atoms with Crippen molar-refractivity contribution >= 4 is 11.6 Å². The zero-order chi connectivity index (χ0) is 9.10. The average Bonchev–Trinajstić information content (AvgIpc) is 2.57. The second kappa shape index (κ2) is 4.63. The second-order valence-electron chi connectivity index (χ2n) is 4.06. The van der Waals surface area contributed by atoms with Crippen LogP contribution in [0, 0.1) is 5.92 Å².